The second kappa shape index (κ2) is 9.21. The number of hydrogen-bond donors (Lipinski definition) is 1. The van der Waals surface area contributed by atoms with Crippen molar-refractivity contribution in [2.24, 2.45) is 0 Å². The minimum atomic E-state index is -3.63. The highest BCUT2D eigenvalue weighted by atomic mass is 32.2. The average molecular weight is 429 g/mol. The van der Waals surface area contributed by atoms with Crippen molar-refractivity contribution in [1.82, 2.24) is 5.32 Å². The Kier molecular flexibility index (Phi) is 6.86. The fourth-order valence-corrected chi connectivity index (χ4v) is 5.38. The van der Waals surface area contributed by atoms with Crippen molar-refractivity contribution in [3.8, 4) is 0 Å². The molecule has 1 amide bonds. The van der Waals surface area contributed by atoms with Crippen molar-refractivity contribution in [2.45, 2.75) is 65.0 Å². The van der Waals surface area contributed by atoms with E-state index in [-0.39, 0.29) is 11.9 Å². The molecule has 1 aliphatic carbocycles. The summed E-state index contributed by atoms with van der Waals surface area (Å²) in [7, 11) is -3.63. The highest BCUT2D eigenvalue weighted by molar-refractivity contribution is 7.92. The molecule has 30 heavy (non-hydrogen) atoms. The van der Waals surface area contributed by atoms with Crippen molar-refractivity contribution in [3.05, 3.63) is 64.7 Å². The van der Waals surface area contributed by atoms with E-state index in [2.05, 4.69) is 23.5 Å². The maximum atomic E-state index is 13.2. The first kappa shape index (κ1) is 22.3. The van der Waals surface area contributed by atoms with Gasteiger partial charge in [0.2, 0.25) is 15.9 Å². The van der Waals surface area contributed by atoms with Gasteiger partial charge >= 0.3 is 0 Å². The fraction of sp³-hybridized carbons (Fsp3) is 0.458. The van der Waals surface area contributed by atoms with Crippen LogP contribution in [0, 0.1) is 6.92 Å². The maximum absolute atomic E-state index is 13.2. The van der Waals surface area contributed by atoms with Gasteiger partial charge in [0.05, 0.1) is 18.0 Å². The number of hydrogen-bond acceptors (Lipinski definition) is 3. The molecule has 0 unspecified atom stereocenters. The number of fused-ring (bicyclic) bond motifs is 1. The van der Waals surface area contributed by atoms with Gasteiger partial charge in [0.25, 0.3) is 0 Å². The van der Waals surface area contributed by atoms with Crippen LogP contribution < -0.4 is 9.62 Å². The summed E-state index contributed by atoms with van der Waals surface area (Å²) in [5.74, 6) is -0.284. The van der Waals surface area contributed by atoms with E-state index < -0.39 is 16.1 Å². The van der Waals surface area contributed by atoms with Gasteiger partial charge in [-0.05, 0) is 74.8 Å². The summed E-state index contributed by atoms with van der Waals surface area (Å²) in [5.41, 5.74) is 5.36. The highest BCUT2D eigenvalue weighted by Crippen LogP contribution is 2.26. The fourth-order valence-electron chi connectivity index (χ4n) is 4.17. The molecule has 1 aliphatic rings. The Balaban J connectivity index is 1.82. The minimum Gasteiger partial charge on any atom is -0.348 e. The summed E-state index contributed by atoms with van der Waals surface area (Å²) in [6.07, 6.45) is 6.16. The third-order valence-corrected chi connectivity index (χ3v) is 7.03. The quantitative estimate of drug-likeness (QED) is 0.715. The summed E-state index contributed by atoms with van der Waals surface area (Å²) < 4.78 is 26.4. The van der Waals surface area contributed by atoms with Crippen LogP contribution in [-0.2, 0) is 27.7 Å². The van der Waals surface area contributed by atoms with Crippen LogP contribution in [0.2, 0.25) is 0 Å². The first-order chi connectivity index (χ1) is 14.2. The minimum absolute atomic E-state index is 0.196. The molecule has 3 rings (SSSR count). The number of aryl methyl sites for hydroxylation is 3. The summed E-state index contributed by atoms with van der Waals surface area (Å²) >= 11 is 0. The summed E-state index contributed by atoms with van der Waals surface area (Å²) in [5, 5.41) is 3.04. The molecule has 0 heterocycles. The lowest BCUT2D eigenvalue weighted by Crippen LogP contribution is -2.49. The van der Waals surface area contributed by atoms with Crippen molar-refractivity contribution >= 4 is 21.6 Å². The number of carbonyl (C=O) groups excluding carboxylic acids is 1. The Morgan fingerprint density at radius 1 is 1.07 bits per heavy atom. The van der Waals surface area contributed by atoms with Gasteiger partial charge in [0.15, 0.2) is 0 Å². The van der Waals surface area contributed by atoms with E-state index in [9.17, 15) is 13.2 Å². The zero-order valence-corrected chi connectivity index (χ0v) is 19.1. The first-order valence-corrected chi connectivity index (χ1v) is 12.5. The molecular weight excluding hydrogens is 396 g/mol. The molecule has 2 atom stereocenters. The number of anilines is 1. The number of nitrogens with one attached hydrogen (secondary N) is 1. The summed E-state index contributed by atoms with van der Waals surface area (Å²) in [6, 6.07) is 12.6. The van der Waals surface area contributed by atoms with Crippen LogP contribution in [-0.4, -0.2) is 26.6 Å². The van der Waals surface area contributed by atoms with Crippen LogP contribution in [0.5, 0.6) is 0 Å². The van der Waals surface area contributed by atoms with Gasteiger partial charge in [0.1, 0.15) is 6.04 Å². The Bertz CT molecular complexity index is 1000. The van der Waals surface area contributed by atoms with Gasteiger partial charge in [-0.15, -0.1) is 0 Å². The molecule has 5 nitrogen and oxygen atoms in total. The van der Waals surface area contributed by atoms with Gasteiger partial charge in [-0.3, -0.25) is 9.10 Å². The van der Waals surface area contributed by atoms with E-state index in [1.54, 1.807) is 12.1 Å². The zero-order chi connectivity index (χ0) is 21.9. The molecular formula is C24H32N2O3S. The molecule has 0 radical (unpaired) electrons. The second-order valence-corrected chi connectivity index (χ2v) is 10.1. The van der Waals surface area contributed by atoms with Gasteiger partial charge in [-0.2, -0.15) is 0 Å². The number of amides is 1. The molecule has 0 aliphatic heterocycles. The van der Waals surface area contributed by atoms with E-state index in [0.29, 0.717) is 12.1 Å². The van der Waals surface area contributed by atoms with Crippen LogP contribution in [0.3, 0.4) is 0 Å². The zero-order valence-electron chi connectivity index (χ0n) is 18.3. The maximum Gasteiger partial charge on any atom is 0.244 e. The van der Waals surface area contributed by atoms with Gasteiger partial charge in [0, 0.05) is 0 Å². The van der Waals surface area contributed by atoms with E-state index >= 15 is 0 Å². The smallest absolute Gasteiger partial charge is 0.244 e. The van der Waals surface area contributed by atoms with E-state index in [4.69, 9.17) is 0 Å². The number of rotatable bonds is 7. The Morgan fingerprint density at radius 2 is 1.70 bits per heavy atom. The number of sulfonamides is 1. The van der Waals surface area contributed by atoms with E-state index in [1.165, 1.54) is 28.3 Å². The van der Waals surface area contributed by atoms with Crippen molar-refractivity contribution in [1.29, 1.82) is 0 Å². The molecule has 1 N–H and O–H groups in total. The molecule has 6 heteroatoms. The molecule has 0 spiro atoms. The first-order valence-electron chi connectivity index (χ1n) is 10.7. The normalized spacial score (nSPS) is 15.7. The Hall–Kier alpha value is -2.34. The molecule has 0 fully saturated rings. The van der Waals surface area contributed by atoms with Gasteiger partial charge < -0.3 is 5.32 Å². The third-order valence-electron chi connectivity index (χ3n) is 5.85. The average Bonchev–Trinajstić information content (AvgIpc) is 2.71. The van der Waals surface area contributed by atoms with Crippen LogP contribution in [0.4, 0.5) is 5.69 Å². The van der Waals surface area contributed by atoms with Crippen molar-refractivity contribution in [3.63, 3.8) is 0 Å². The Morgan fingerprint density at radius 3 is 2.30 bits per heavy atom. The molecule has 0 aromatic heterocycles. The van der Waals surface area contributed by atoms with Crippen LogP contribution in [0.1, 0.15) is 61.4 Å². The van der Waals surface area contributed by atoms with Crippen LogP contribution >= 0.6 is 0 Å². The van der Waals surface area contributed by atoms with E-state index in [1.807, 2.05) is 32.9 Å². The SMILES string of the molecule is CC[C@@H](C(=O)N[C@H](C)c1ccc2c(c1)CCCC2)N(c1ccc(C)cc1)S(C)(=O)=O. The van der Waals surface area contributed by atoms with Gasteiger partial charge in [-0.25, -0.2) is 8.42 Å². The third kappa shape index (κ3) is 5.04. The van der Waals surface area contributed by atoms with Crippen molar-refractivity contribution in [2.75, 3.05) is 10.6 Å². The summed E-state index contributed by atoms with van der Waals surface area (Å²) in [4.78, 5) is 13.2. The molecule has 2 aromatic carbocycles. The monoisotopic (exact) mass is 428 g/mol. The van der Waals surface area contributed by atoms with Gasteiger partial charge in [-0.1, -0.05) is 42.8 Å². The molecule has 162 valence electrons. The second-order valence-electron chi connectivity index (χ2n) is 8.28. The Labute approximate surface area is 180 Å². The topological polar surface area (TPSA) is 66.5 Å². The largest absolute Gasteiger partial charge is 0.348 e. The predicted molar refractivity (Wildman–Crippen MR) is 122 cm³/mol. The standard InChI is InChI=1S/C24H32N2O3S/c1-5-23(26(30(4,28)29)22-14-10-17(2)11-15-22)24(27)25-18(3)20-13-12-19-8-6-7-9-21(19)16-20/h10-16,18,23H,5-9H2,1-4H3,(H,25,27)/t18-,23+/m1/s1. The summed E-state index contributed by atoms with van der Waals surface area (Å²) in [6.45, 7) is 5.73. The lowest BCUT2D eigenvalue weighted by molar-refractivity contribution is -0.122. The van der Waals surface area contributed by atoms with Crippen LogP contribution in [0.25, 0.3) is 0 Å². The lowest BCUT2D eigenvalue weighted by atomic mass is 9.89. The lowest BCUT2D eigenvalue weighted by Gasteiger charge is -2.31. The number of benzene rings is 2. The molecule has 2 aromatic rings. The van der Waals surface area contributed by atoms with Crippen molar-refractivity contribution < 1.29 is 13.2 Å². The number of nitrogens with zero attached hydrogens (tertiary/aromatic N) is 1. The molecule has 0 bridgehead atoms. The number of carbonyl (C=O) groups is 1. The van der Waals surface area contributed by atoms with Crippen LogP contribution in [0.15, 0.2) is 42.5 Å². The molecule has 0 saturated heterocycles. The van der Waals surface area contributed by atoms with E-state index in [0.717, 1.165) is 30.2 Å². The molecule has 0 saturated carbocycles. The predicted octanol–water partition coefficient (Wildman–Crippen LogP) is 4.30. The highest BCUT2D eigenvalue weighted by Gasteiger charge is 2.32.